The molecule has 21 heavy (non-hydrogen) atoms. The van der Waals surface area contributed by atoms with Gasteiger partial charge in [-0.15, -0.1) is 0 Å². The van der Waals surface area contributed by atoms with E-state index in [0.717, 1.165) is 13.0 Å². The van der Waals surface area contributed by atoms with E-state index in [1.165, 1.54) is 24.0 Å². The number of nitrogens with one attached hydrogen (secondary N) is 1. The van der Waals surface area contributed by atoms with Crippen molar-refractivity contribution in [1.82, 2.24) is 10.2 Å². The van der Waals surface area contributed by atoms with Gasteiger partial charge in [0.1, 0.15) is 6.17 Å². The maximum Gasteiger partial charge on any atom is 0.241 e. The molecule has 1 aromatic rings. The van der Waals surface area contributed by atoms with Crippen molar-refractivity contribution < 1.29 is 4.79 Å². The second kappa shape index (κ2) is 7.08. The maximum absolute atomic E-state index is 12.7. The molecule has 0 radical (unpaired) electrons. The summed E-state index contributed by atoms with van der Waals surface area (Å²) < 4.78 is 0. The molecule has 1 heterocycles. The third-order valence-electron chi connectivity index (χ3n) is 4.26. The lowest BCUT2D eigenvalue weighted by molar-refractivity contribution is -0.130. The van der Waals surface area contributed by atoms with Crippen LogP contribution in [0.15, 0.2) is 24.3 Å². The highest BCUT2D eigenvalue weighted by molar-refractivity contribution is 5.84. The molecule has 0 aromatic heterocycles. The first-order valence-corrected chi connectivity index (χ1v) is 8.17. The number of carbonyl (C=O) groups is 1. The van der Waals surface area contributed by atoms with Gasteiger partial charge in [-0.3, -0.25) is 10.1 Å². The van der Waals surface area contributed by atoms with Gasteiger partial charge >= 0.3 is 0 Å². The molecule has 2 atom stereocenters. The molecule has 1 aliphatic rings. The van der Waals surface area contributed by atoms with E-state index in [4.69, 9.17) is 0 Å². The molecular formula is C18H28N2O. The predicted molar refractivity (Wildman–Crippen MR) is 86.9 cm³/mol. The first kappa shape index (κ1) is 16.0. The first-order valence-electron chi connectivity index (χ1n) is 8.17. The van der Waals surface area contributed by atoms with Crippen LogP contribution < -0.4 is 5.32 Å². The topological polar surface area (TPSA) is 32.3 Å². The summed E-state index contributed by atoms with van der Waals surface area (Å²) in [6.07, 6.45) is 3.47. The minimum absolute atomic E-state index is 0.0300. The molecule has 0 bridgehead atoms. The van der Waals surface area contributed by atoms with Crippen LogP contribution in [-0.2, 0) is 4.79 Å². The molecule has 116 valence electrons. The normalized spacial score (nSPS) is 22.3. The van der Waals surface area contributed by atoms with Crippen molar-refractivity contribution in [3.05, 3.63) is 35.4 Å². The molecule has 3 heteroatoms. The number of hydrogen-bond acceptors (Lipinski definition) is 2. The molecule has 1 N–H and O–H groups in total. The number of carbonyl (C=O) groups excluding carboxylic acids is 1. The molecule has 2 rings (SSSR count). The van der Waals surface area contributed by atoms with Gasteiger partial charge in [0, 0.05) is 6.54 Å². The van der Waals surface area contributed by atoms with E-state index in [2.05, 4.69) is 57.3 Å². The summed E-state index contributed by atoms with van der Waals surface area (Å²) in [7, 11) is 0. The monoisotopic (exact) mass is 288 g/mol. The van der Waals surface area contributed by atoms with Gasteiger partial charge in [0.05, 0.1) is 6.04 Å². The summed E-state index contributed by atoms with van der Waals surface area (Å²) in [5.41, 5.74) is 2.44. The zero-order valence-electron chi connectivity index (χ0n) is 13.7. The molecule has 1 saturated heterocycles. The van der Waals surface area contributed by atoms with Gasteiger partial charge in [-0.2, -0.15) is 0 Å². The molecule has 0 saturated carbocycles. The van der Waals surface area contributed by atoms with Crippen molar-refractivity contribution in [3.63, 3.8) is 0 Å². The zero-order valence-corrected chi connectivity index (χ0v) is 13.7. The Hall–Kier alpha value is -1.35. The summed E-state index contributed by atoms with van der Waals surface area (Å²) in [5.74, 6) is 0.577. The molecule has 1 fully saturated rings. The third kappa shape index (κ3) is 3.65. The Morgan fingerprint density at radius 3 is 2.43 bits per heavy atom. The lowest BCUT2D eigenvalue weighted by atomic mass is 10.0. The van der Waals surface area contributed by atoms with Gasteiger partial charge in [-0.25, -0.2) is 0 Å². The lowest BCUT2D eigenvalue weighted by Crippen LogP contribution is -2.34. The quantitative estimate of drug-likeness (QED) is 0.811. The van der Waals surface area contributed by atoms with Crippen molar-refractivity contribution >= 4 is 5.91 Å². The van der Waals surface area contributed by atoms with Crippen LogP contribution in [0.4, 0.5) is 0 Å². The average Bonchev–Trinajstić information content (AvgIpc) is 2.78. The second-order valence-corrected chi connectivity index (χ2v) is 6.44. The zero-order chi connectivity index (χ0) is 15.4. The predicted octanol–water partition coefficient (Wildman–Crippen LogP) is 3.64. The van der Waals surface area contributed by atoms with Crippen LogP contribution in [0.3, 0.4) is 0 Å². The average molecular weight is 288 g/mol. The Balaban J connectivity index is 2.18. The molecule has 3 nitrogen and oxygen atoms in total. The second-order valence-electron chi connectivity index (χ2n) is 6.44. The Kier molecular flexibility index (Phi) is 5.40. The van der Waals surface area contributed by atoms with Gasteiger partial charge in [-0.05, 0) is 24.8 Å². The van der Waals surface area contributed by atoms with E-state index < -0.39 is 0 Å². The van der Waals surface area contributed by atoms with Crippen LogP contribution in [0.2, 0.25) is 0 Å². The lowest BCUT2D eigenvalue weighted by Gasteiger charge is -2.24. The van der Waals surface area contributed by atoms with Crippen molar-refractivity contribution in [3.8, 4) is 0 Å². The Labute approximate surface area is 128 Å². The number of nitrogens with zero attached hydrogens (tertiary/aromatic N) is 1. The van der Waals surface area contributed by atoms with Gasteiger partial charge < -0.3 is 4.90 Å². The molecule has 1 aromatic carbocycles. The van der Waals surface area contributed by atoms with Crippen molar-refractivity contribution in [1.29, 1.82) is 0 Å². The Bertz CT molecular complexity index is 467. The fraction of sp³-hybridized carbons (Fsp3) is 0.611. The van der Waals surface area contributed by atoms with E-state index >= 15 is 0 Å². The number of benzene rings is 1. The number of aryl methyl sites for hydroxylation is 1. The molecule has 1 aliphatic heterocycles. The number of hydrogen-bond donors (Lipinski definition) is 1. The van der Waals surface area contributed by atoms with Crippen LogP contribution in [0.5, 0.6) is 0 Å². The van der Waals surface area contributed by atoms with E-state index in [1.807, 2.05) is 4.90 Å². The maximum atomic E-state index is 12.7. The summed E-state index contributed by atoms with van der Waals surface area (Å²) in [6, 6.07) is 8.45. The van der Waals surface area contributed by atoms with Crippen LogP contribution in [0.25, 0.3) is 0 Å². The molecule has 0 spiro atoms. The smallest absolute Gasteiger partial charge is 0.241 e. The fourth-order valence-corrected chi connectivity index (χ4v) is 2.91. The van der Waals surface area contributed by atoms with Crippen LogP contribution >= 0.6 is 0 Å². The summed E-state index contributed by atoms with van der Waals surface area (Å²) in [4.78, 5) is 14.7. The van der Waals surface area contributed by atoms with Crippen LogP contribution in [-0.4, -0.2) is 23.4 Å². The van der Waals surface area contributed by atoms with Crippen molar-refractivity contribution in [2.45, 2.75) is 59.2 Å². The highest BCUT2D eigenvalue weighted by atomic mass is 16.2. The molecular weight excluding hydrogens is 260 g/mol. The van der Waals surface area contributed by atoms with Crippen molar-refractivity contribution in [2.75, 3.05) is 6.54 Å². The Morgan fingerprint density at radius 1 is 1.19 bits per heavy atom. The highest BCUT2D eigenvalue weighted by Crippen LogP contribution is 2.28. The van der Waals surface area contributed by atoms with E-state index in [0.29, 0.717) is 5.92 Å². The molecule has 0 aliphatic carbocycles. The van der Waals surface area contributed by atoms with Crippen molar-refractivity contribution in [2.24, 2.45) is 5.92 Å². The van der Waals surface area contributed by atoms with E-state index in [9.17, 15) is 4.79 Å². The fourth-order valence-electron chi connectivity index (χ4n) is 2.91. The van der Waals surface area contributed by atoms with E-state index in [1.54, 1.807) is 0 Å². The highest BCUT2D eigenvalue weighted by Gasteiger charge is 2.40. The van der Waals surface area contributed by atoms with Crippen LogP contribution in [0, 0.1) is 12.8 Å². The van der Waals surface area contributed by atoms with Gasteiger partial charge in [0.25, 0.3) is 0 Å². The first-order chi connectivity index (χ1) is 10.0. The Morgan fingerprint density at radius 2 is 1.86 bits per heavy atom. The van der Waals surface area contributed by atoms with E-state index in [-0.39, 0.29) is 18.1 Å². The summed E-state index contributed by atoms with van der Waals surface area (Å²) in [5, 5.41) is 3.53. The third-order valence-corrected chi connectivity index (χ3v) is 4.26. The summed E-state index contributed by atoms with van der Waals surface area (Å²) >= 11 is 0. The van der Waals surface area contributed by atoms with Gasteiger partial charge in [0.15, 0.2) is 0 Å². The minimum atomic E-state index is -0.0575. The number of rotatable bonds is 6. The summed E-state index contributed by atoms with van der Waals surface area (Å²) in [6.45, 7) is 9.35. The molecule has 2 unspecified atom stereocenters. The van der Waals surface area contributed by atoms with Crippen LogP contribution in [0.1, 0.15) is 57.3 Å². The van der Waals surface area contributed by atoms with Gasteiger partial charge in [0.2, 0.25) is 5.91 Å². The largest absolute Gasteiger partial charge is 0.322 e. The number of amides is 1. The van der Waals surface area contributed by atoms with Gasteiger partial charge in [-0.1, -0.05) is 63.4 Å². The minimum Gasteiger partial charge on any atom is -0.322 e. The molecule has 1 amide bonds. The SMILES string of the molecule is CCCCCN1C(=O)C(C(C)C)NC1c1ccc(C)cc1. The standard InChI is InChI=1S/C18H28N2O/c1-5-6-7-12-20-17(15-10-8-14(4)9-11-15)19-16(13(2)3)18(20)21/h8-11,13,16-17,19H,5-7,12H2,1-4H3. The number of unbranched alkanes of at least 4 members (excludes halogenated alkanes) is 2.